The summed E-state index contributed by atoms with van der Waals surface area (Å²) in [5.74, 6) is 0. The molecule has 266 valence electrons. The predicted octanol–water partition coefficient (Wildman–Crippen LogP) is 11.9. The smallest absolute Gasteiger partial charge is 0.245 e. The van der Waals surface area contributed by atoms with E-state index in [1.54, 1.807) is 24.3 Å². The van der Waals surface area contributed by atoms with Gasteiger partial charge in [-0.25, -0.2) is 9.97 Å². The molecule has 0 aliphatic carbocycles. The highest BCUT2D eigenvalue weighted by Gasteiger charge is 2.34. The highest BCUT2D eigenvalue weighted by atomic mass is 32.1. The monoisotopic (exact) mass is 764 g/mol. The lowest BCUT2D eigenvalue weighted by molar-refractivity contribution is -0.137. The Labute approximate surface area is 311 Å². The van der Waals surface area contributed by atoms with Gasteiger partial charge in [0, 0.05) is 22.3 Å². The lowest BCUT2D eigenvalue weighted by Crippen LogP contribution is -2.07. The van der Waals surface area contributed by atoms with Crippen LogP contribution < -0.4 is 0 Å². The highest BCUT2D eigenvalue weighted by Crippen LogP contribution is 2.41. The number of aromatic nitrogens is 6. The van der Waals surface area contributed by atoms with Crippen molar-refractivity contribution in [3.8, 4) is 76.2 Å². The molecule has 0 amide bonds. The third-order valence-electron chi connectivity index (χ3n) is 8.34. The van der Waals surface area contributed by atoms with Crippen molar-refractivity contribution in [3.05, 3.63) is 145 Å². The van der Waals surface area contributed by atoms with Gasteiger partial charge in [0.2, 0.25) is 0 Å². The zero-order valence-corrected chi connectivity index (χ0v) is 29.1. The Hall–Kier alpha value is -6.12. The lowest BCUT2D eigenvalue weighted by atomic mass is 10.00. The molecule has 0 saturated carbocycles. The summed E-state index contributed by atoms with van der Waals surface area (Å²) in [5, 5.41) is 19.5. The maximum absolute atomic E-state index is 13.8. The Morgan fingerprint density at radius 2 is 0.741 bits per heavy atom. The first-order valence-corrected chi connectivity index (χ1v) is 17.8. The topological polar surface area (TPSA) is 77.3 Å². The molecule has 4 aromatic carbocycles. The van der Waals surface area contributed by atoms with E-state index in [4.69, 9.17) is 0 Å². The molecule has 0 aliphatic rings. The molecule has 8 aromatic rings. The predicted molar refractivity (Wildman–Crippen MR) is 197 cm³/mol. The van der Waals surface area contributed by atoms with E-state index < -0.39 is 23.5 Å². The summed E-state index contributed by atoms with van der Waals surface area (Å²) < 4.78 is 82.7. The molecular weight excluding hydrogens is 743 g/mol. The van der Waals surface area contributed by atoms with E-state index in [-0.39, 0.29) is 22.5 Å². The van der Waals surface area contributed by atoms with Gasteiger partial charge in [-0.2, -0.15) is 26.3 Å². The van der Waals surface area contributed by atoms with Crippen molar-refractivity contribution in [2.24, 2.45) is 0 Å². The number of halogens is 6. The molecule has 4 aromatic heterocycles. The first kappa shape index (κ1) is 34.9. The lowest BCUT2D eigenvalue weighted by Gasteiger charge is -2.12. The molecule has 6 nitrogen and oxygen atoms in total. The van der Waals surface area contributed by atoms with E-state index in [0.717, 1.165) is 23.3 Å². The molecular formula is C40H22F6N6S2. The van der Waals surface area contributed by atoms with Crippen molar-refractivity contribution < 1.29 is 26.3 Å². The summed E-state index contributed by atoms with van der Waals surface area (Å²) in [6.45, 7) is 0. The number of pyridine rings is 2. The molecule has 14 heteroatoms. The van der Waals surface area contributed by atoms with Gasteiger partial charge in [-0.15, -0.1) is 20.4 Å². The first-order chi connectivity index (χ1) is 26.0. The SMILES string of the molecule is FC(F)(F)c1ccccc1-c1cccc(-c2nnc(-c3cc(-c4ccccc4)cc(-c4nnc(-c5cccc(-c6ccccc6C(F)(F)F)n5)s4)c3)s2)n1. The maximum atomic E-state index is 13.8. The van der Waals surface area contributed by atoms with Gasteiger partial charge in [0.05, 0.1) is 22.5 Å². The number of benzene rings is 4. The van der Waals surface area contributed by atoms with Crippen molar-refractivity contribution in [3.63, 3.8) is 0 Å². The van der Waals surface area contributed by atoms with Gasteiger partial charge in [-0.3, -0.25) is 0 Å². The quantitative estimate of drug-likeness (QED) is 0.150. The molecule has 0 N–H and O–H groups in total. The van der Waals surface area contributed by atoms with Gasteiger partial charge in [0.25, 0.3) is 0 Å². The Bertz CT molecular complexity index is 2460. The van der Waals surface area contributed by atoms with Crippen molar-refractivity contribution in [1.29, 1.82) is 0 Å². The Kier molecular flexibility index (Phi) is 9.07. The van der Waals surface area contributed by atoms with Crippen molar-refractivity contribution >= 4 is 22.7 Å². The van der Waals surface area contributed by atoms with E-state index >= 15 is 0 Å². The second-order valence-electron chi connectivity index (χ2n) is 11.9. The number of nitrogens with zero attached hydrogens (tertiary/aromatic N) is 6. The summed E-state index contributed by atoms with van der Waals surface area (Å²) >= 11 is 2.47. The van der Waals surface area contributed by atoms with E-state index in [9.17, 15) is 26.3 Å². The molecule has 0 atom stereocenters. The van der Waals surface area contributed by atoms with Gasteiger partial charge in [-0.05, 0) is 65.7 Å². The average molecular weight is 765 g/mol. The largest absolute Gasteiger partial charge is 0.417 e. The van der Waals surface area contributed by atoms with Gasteiger partial charge in [0.15, 0.2) is 10.0 Å². The molecule has 0 spiro atoms. The number of hydrogen-bond donors (Lipinski definition) is 0. The van der Waals surface area contributed by atoms with Crippen LogP contribution in [0.15, 0.2) is 133 Å². The van der Waals surface area contributed by atoms with Crippen LogP contribution in [0.4, 0.5) is 26.3 Å². The zero-order chi connectivity index (χ0) is 37.5. The fourth-order valence-corrected chi connectivity index (χ4v) is 7.47. The normalized spacial score (nSPS) is 11.9. The molecule has 4 heterocycles. The van der Waals surface area contributed by atoms with Crippen molar-refractivity contribution in [1.82, 2.24) is 30.4 Å². The molecule has 0 radical (unpaired) electrons. The van der Waals surface area contributed by atoms with E-state index in [2.05, 4.69) is 30.4 Å². The minimum absolute atomic E-state index is 0.0405. The molecule has 0 bridgehead atoms. The van der Waals surface area contributed by atoms with Gasteiger partial charge in [-0.1, -0.05) is 102 Å². The van der Waals surface area contributed by atoms with Crippen LogP contribution in [-0.4, -0.2) is 30.4 Å². The Morgan fingerprint density at radius 1 is 0.352 bits per heavy atom. The minimum atomic E-state index is -4.55. The summed E-state index contributed by atoms with van der Waals surface area (Å²) in [7, 11) is 0. The van der Waals surface area contributed by atoms with Crippen molar-refractivity contribution in [2.75, 3.05) is 0 Å². The van der Waals surface area contributed by atoms with Gasteiger partial charge >= 0.3 is 12.4 Å². The Morgan fingerprint density at radius 3 is 1.20 bits per heavy atom. The summed E-state index contributed by atoms with van der Waals surface area (Å²) in [6, 6.07) is 35.7. The van der Waals surface area contributed by atoms with Crippen LogP contribution >= 0.6 is 22.7 Å². The summed E-state index contributed by atoms with van der Waals surface area (Å²) in [6.07, 6.45) is -9.11. The highest BCUT2D eigenvalue weighted by molar-refractivity contribution is 7.18. The van der Waals surface area contributed by atoms with Crippen LogP contribution in [0.5, 0.6) is 0 Å². The standard InChI is InChI=1S/C40H22F6N6S2/c41-39(42,43)29-14-6-4-12-27(29)31-16-8-18-33(47-31)37-51-49-35(53-37)25-20-24(23-10-2-1-3-11-23)21-26(22-25)36-50-52-38(54-36)34-19-9-17-32(48-34)28-13-5-7-15-30(28)40(44,45)46/h1-22H. The fourth-order valence-electron chi connectivity index (χ4n) is 5.87. The van der Waals surface area contributed by atoms with E-state index in [1.807, 2.05) is 48.5 Å². The number of alkyl halides is 6. The number of rotatable bonds is 7. The minimum Gasteiger partial charge on any atom is -0.245 e. The Balaban J connectivity index is 1.15. The molecule has 8 rings (SSSR count). The third kappa shape index (κ3) is 7.13. The van der Waals surface area contributed by atoms with Crippen LogP contribution in [0.1, 0.15) is 11.1 Å². The third-order valence-corrected chi connectivity index (χ3v) is 10.3. The molecule has 0 fully saturated rings. The van der Waals surface area contributed by atoms with Crippen LogP contribution in [0.25, 0.3) is 76.2 Å². The summed E-state index contributed by atoms with van der Waals surface area (Å²) in [5.41, 5.74) is 2.58. The number of hydrogen-bond acceptors (Lipinski definition) is 8. The van der Waals surface area contributed by atoms with Crippen LogP contribution in [-0.2, 0) is 12.4 Å². The van der Waals surface area contributed by atoms with E-state index in [0.29, 0.717) is 42.5 Å². The second kappa shape index (κ2) is 14.0. The second-order valence-corrected chi connectivity index (χ2v) is 13.8. The van der Waals surface area contributed by atoms with Crippen LogP contribution in [0.2, 0.25) is 0 Å². The molecule has 0 aliphatic heterocycles. The average Bonchev–Trinajstić information content (AvgIpc) is 3.90. The molecule has 0 unspecified atom stereocenters. The summed E-state index contributed by atoms with van der Waals surface area (Å²) in [4.78, 5) is 9.06. The van der Waals surface area contributed by atoms with Gasteiger partial charge < -0.3 is 0 Å². The first-order valence-electron chi connectivity index (χ1n) is 16.2. The fraction of sp³-hybridized carbons (Fsp3) is 0.0500. The maximum Gasteiger partial charge on any atom is 0.417 e. The molecule has 0 saturated heterocycles. The zero-order valence-electron chi connectivity index (χ0n) is 27.5. The van der Waals surface area contributed by atoms with E-state index in [1.165, 1.54) is 71.2 Å². The van der Waals surface area contributed by atoms with Gasteiger partial charge in [0.1, 0.15) is 21.4 Å². The molecule has 54 heavy (non-hydrogen) atoms. The van der Waals surface area contributed by atoms with Crippen LogP contribution in [0.3, 0.4) is 0 Å². The van der Waals surface area contributed by atoms with Crippen LogP contribution in [0, 0.1) is 0 Å². The van der Waals surface area contributed by atoms with Crippen molar-refractivity contribution in [2.45, 2.75) is 12.4 Å².